The molecule has 0 aromatic rings. The number of carbonyl (C=O) groups is 2. The zero-order valence-electron chi connectivity index (χ0n) is 15.1. The van der Waals surface area contributed by atoms with Crippen LogP contribution in [0, 0.1) is 11.8 Å². The molecule has 1 fully saturated rings. The molecular formula is C19H26O6. The number of carbonyl (C=O) groups excluding carboxylic acids is 2. The highest BCUT2D eigenvalue weighted by Crippen LogP contribution is 2.30. The third kappa shape index (κ3) is 5.87. The Morgan fingerprint density at radius 2 is 1.88 bits per heavy atom. The first kappa shape index (κ1) is 19.5. The predicted octanol–water partition coefficient (Wildman–Crippen LogP) is 2.16. The zero-order valence-corrected chi connectivity index (χ0v) is 15.1. The van der Waals surface area contributed by atoms with Gasteiger partial charge in [-0.15, -0.1) is 0 Å². The lowest BCUT2D eigenvalue weighted by atomic mass is 9.85. The minimum absolute atomic E-state index is 0.00518. The summed E-state index contributed by atoms with van der Waals surface area (Å²) in [6, 6.07) is 0. The molecule has 0 spiro atoms. The van der Waals surface area contributed by atoms with E-state index in [1.54, 1.807) is 19.3 Å². The second-order valence-corrected chi connectivity index (χ2v) is 6.39. The molecule has 0 amide bonds. The van der Waals surface area contributed by atoms with Crippen LogP contribution >= 0.6 is 0 Å². The van der Waals surface area contributed by atoms with E-state index in [0.29, 0.717) is 0 Å². The molecule has 1 saturated carbocycles. The summed E-state index contributed by atoms with van der Waals surface area (Å²) < 4.78 is 21.7. The fourth-order valence-electron chi connectivity index (χ4n) is 3.07. The predicted molar refractivity (Wildman–Crippen MR) is 90.6 cm³/mol. The molecule has 138 valence electrons. The number of rotatable bonds is 4. The van der Waals surface area contributed by atoms with Crippen molar-refractivity contribution >= 4 is 11.9 Å². The highest BCUT2D eigenvalue weighted by Gasteiger charge is 2.32. The Morgan fingerprint density at radius 1 is 1.16 bits per heavy atom. The second kappa shape index (κ2) is 9.02. The van der Waals surface area contributed by atoms with Gasteiger partial charge >= 0.3 is 11.9 Å². The van der Waals surface area contributed by atoms with Crippen LogP contribution in [-0.4, -0.2) is 49.6 Å². The van der Waals surface area contributed by atoms with Gasteiger partial charge in [0, 0.05) is 21.0 Å². The van der Waals surface area contributed by atoms with Crippen LogP contribution in [0.5, 0.6) is 0 Å². The Balaban J connectivity index is 2.08. The fraction of sp³-hybridized carbons (Fsp3) is 0.684. The van der Waals surface area contributed by atoms with Crippen LogP contribution in [-0.2, 0) is 28.5 Å². The van der Waals surface area contributed by atoms with Crippen molar-refractivity contribution in [3.63, 3.8) is 0 Å². The van der Waals surface area contributed by atoms with Crippen LogP contribution in [0.1, 0.15) is 46.0 Å². The summed E-state index contributed by atoms with van der Waals surface area (Å²) in [5, 5.41) is 0. The molecule has 0 radical (unpaired) electrons. The van der Waals surface area contributed by atoms with E-state index < -0.39 is 35.9 Å². The van der Waals surface area contributed by atoms with Gasteiger partial charge in [0.15, 0.2) is 0 Å². The van der Waals surface area contributed by atoms with Gasteiger partial charge in [-0.05, 0) is 37.8 Å². The number of methoxy groups -OCH3 is 1. The molecule has 2 rings (SSSR count). The van der Waals surface area contributed by atoms with Crippen molar-refractivity contribution in [3.05, 3.63) is 12.2 Å². The number of hydrogen-bond donors (Lipinski definition) is 0. The Morgan fingerprint density at radius 3 is 2.48 bits per heavy atom. The summed E-state index contributed by atoms with van der Waals surface area (Å²) in [7, 11) is 1.69. The molecule has 1 aliphatic heterocycles. The molecule has 0 bridgehead atoms. The van der Waals surface area contributed by atoms with E-state index in [4.69, 9.17) is 18.9 Å². The van der Waals surface area contributed by atoms with Crippen LogP contribution < -0.4 is 0 Å². The minimum Gasteiger partial charge on any atom is -0.463 e. The summed E-state index contributed by atoms with van der Waals surface area (Å²) in [6.45, 7) is 2.65. The monoisotopic (exact) mass is 350 g/mol. The Kier molecular flexibility index (Phi) is 7.03. The van der Waals surface area contributed by atoms with Crippen LogP contribution in [0.4, 0.5) is 0 Å². The minimum atomic E-state index is -0.596. The zero-order chi connectivity index (χ0) is 18.3. The van der Waals surface area contributed by atoms with Gasteiger partial charge in [-0.2, -0.15) is 0 Å². The molecule has 0 unspecified atom stereocenters. The van der Waals surface area contributed by atoms with Gasteiger partial charge in [0.1, 0.15) is 30.5 Å². The summed E-state index contributed by atoms with van der Waals surface area (Å²) in [5.74, 6) is 5.51. The molecule has 0 saturated heterocycles. The Labute approximate surface area is 148 Å². The van der Waals surface area contributed by atoms with E-state index in [1.165, 1.54) is 20.3 Å². The van der Waals surface area contributed by atoms with Gasteiger partial charge < -0.3 is 18.9 Å². The van der Waals surface area contributed by atoms with Crippen LogP contribution in [0.25, 0.3) is 0 Å². The number of ether oxygens (including phenoxy) is 4. The standard InChI is InChI=1S/C19H26O6/c1-14(20)23-13-18-17(24-15(2)21)8-7-16(25-18)9-12-19(22-3)10-5-4-6-11-19/h7-8,16-18H,4-6,10-11,13H2,1-3H3/t16-,17-,18+/m0/s1. The molecule has 1 heterocycles. The number of hydrogen-bond acceptors (Lipinski definition) is 6. The highest BCUT2D eigenvalue weighted by molar-refractivity contribution is 5.66. The van der Waals surface area contributed by atoms with Crippen LogP contribution in [0.3, 0.4) is 0 Å². The average molecular weight is 350 g/mol. The van der Waals surface area contributed by atoms with Crippen molar-refractivity contribution in [2.45, 2.75) is 69.9 Å². The molecule has 2 aliphatic rings. The van der Waals surface area contributed by atoms with Gasteiger partial charge in [-0.3, -0.25) is 9.59 Å². The molecule has 3 atom stereocenters. The molecule has 25 heavy (non-hydrogen) atoms. The first-order chi connectivity index (χ1) is 11.9. The van der Waals surface area contributed by atoms with Gasteiger partial charge in [0.2, 0.25) is 0 Å². The lowest BCUT2D eigenvalue weighted by Gasteiger charge is -2.32. The smallest absolute Gasteiger partial charge is 0.303 e. The average Bonchev–Trinajstić information content (AvgIpc) is 2.60. The van der Waals surface area contributed by atoms with E-state index in [-0.39, 0.29) is 6.61 Å². The number of esters is 2. The normalized spacial score (nSPS) is 27.7. The molecule has 0 aromatic heterocycles. The summed E-state index contributed by atoms with van der Waals surface area (Å²) >= 11 is 0. The largest absolute Gasteiger partial charge is 0.463 e. The van der Waals surface area contributed by atoms with Crippen molar-refractivity contribution < 1.29 is 28.5 Å². The third-order valence-corrected chi connectivity index (χ3v) is 4.41. The Bertz CT molecular complexity index is 564. The second-order valence-electron chi connectivity index (χ2n) is 6.39. The van der Waals surface area contributed by atoms with E-state index in [2.05, 4.69) is 11.8 Å². The van der Waals surface area contributed by atoms with E-state index >= 15 is 0 Å². The van der Waals surface area contributed by atoms with Crippen molar-refractivity contribution in [1.82, 2.24) is 0 Å². The lowest BCUT2D eigenvalue weighted by Crippen LogP contribution is -2.41. The maximum atomic E-state index is 11.2. The summed E-state index contributed by atoms with van der Waals surface area (Å²) in [5.41, 5.74) is -0.409. The molecule has 6 heteroatoms. The van der Waals surface area contributed by atoms with Gasteiger partial charge in [0.05, 0.1) is 0 Å². The summed E-state index contributed by atoms with van der Waals surface area (Å²) in [6.07, 6.45) is 7.11. The van der Waals surface area contributed by atoms with Crippen molar-refractivity contribution in [2.24, 2.45) is 0 Å². The first-order valence-corrected chi connectivity index (χ1v) is 8.66. The van der Waals surface area contributed by atoms with Crippen LogP contribution in [0.2, 0.25) is 0 Å². The summed E-state index contributed by atoms with van der Waals surface area (Å²) in [4.78, 5) is 22.3. The lowest BCUT2D eigenvalue weighted by molar-refractivity contribution is -0.161. The fourth-order valence-corrected chi connectivity index (χ4v) is 3.07. The third-order valence-electron chi connectivity index (χ3n) is 4.41. The molecular weight excluding hydrogens is 324 g/mol. The topological polar surface area (TPSA) is 71.1 Å². The van der Waals surface area contributed by atoms with Crippen molar-refractivity contribution in [1.29, 1.82) is 0 Å². The van der Waals surface area contributed by atoms with Gasteiger partial charge in [-0.1, -0.05) is 18.3 Å². The SMILES string of the molecule is COC1(C#C[C@@H]2C=C[C@H](OC(C)=O)[C@@H](COC(C)=O)O2)CCCCC1. The van der Waals surface area contributed by atoms with Crippen LogP contribution in [0.15, 0.2) is 12.2 Å². The molecule has 6 nitrogen and oxygen atoms in total. The maximum Gasteiger partial charge on any atom is 0.303 e. The van der Waals surface area contributed by atoms with E-state index in [1.807, 2.05) is 0 Å². The van der Waals surface area contributed by atoms with E-state index in [9.17, 15) is 9.59 Å². The quantitative estimate of drug-likeness (QED) is 0.440. The molecule has 0 aromatic carbocycles. The van der Waals surface area contributed by atoms with Crippen molar-refractivity contribution in [2.75, 3.05) is 13.7 Å². The van der Waals surface area contributed by atoms with Gasteiger partial charge in [-0.25, -0.2) is 0 Å². The van der Waals surface area contributed by atoms with Gasteiger partial charge in [0.25, 0.3) is 0 Å². The highest BCUT2D eigenvalue weighted by atomic mass is 16.6. The first-order valence-electron chi connectivity index (χ1n) is 8.66. The Hall–Kier alpha value is -1.84. The van der Waals surface area contributed by atoms with Crippen molar-refractivity contribution in [3.8, 4) is 11.8 Å². The van der Waals surface area contributed by atoms with E-state index in [0.717, 1.165) is 25.7 Å². The molecule has 1 aliphatic carbocycles. The maximum absolute atomic E-state index is 11.2. The molecule has 0 N–H and O–H groups in total.